The zero-order valence-electron chi connectivity index (χ0n) is 18.8. The third kappa shape index (κ3) is 4.56. The van der Waals surface area contributed by atoms with Gasteiger partial charge in [0.2, 0.25) is 0 Å². The van der Waals surface area contributed by atoms with Crippen LogP contribution in [0.5, 0.6) is 0 Å². The van der Waals surface area contributed by atoms with Gasteiger partial charge in [0.1, 0.15) is 23.2 Å². The SMILES string of the molecule is Cc1cc(CNC(=O)c2ncnc3c(NC(C)c4ccc(C(=O)O)cc4)n(C)nc23)ccc1F. The van der Waals surface area contributed by atoms with Gasteiger partial charge in [-0.25, -0.2) is 19.2 Å². The summed E-state index contributed by atoms with van der Waals surface area (Å²) in [5, 5.41) is 19.6. The molecule has 3 N–H and O–H groups in total. The summed E-state index contributed by atoms with van der Waals surface area (Å²) in [6, 6.07) is 11.1. The minimum atomic E-state index is -0.984. The number of fused-ring (bicyclic) bond motifs is 1. The van der Waals surface area contributed by atoms with E-state index in [1.807, 2.05) is 6.92 Å². The molecular formula is C24H23FN6O3. The van der Waals surface area contributed by atoms with Gasteiger partial charge in [0.05, 0.1) is 11.6 Å². The highest BCUT2D eigenvalue weighted by Crippen LogP contribution is 2.26. The van der Waals surface area contributed by atoms with Crippen molar-refractivity contribution >= 4 is 28.7 Å². The van der Waals surface area contributed by atoms with Crippen molar-refractivity contribution < 1.29 is 19.1 Å². The van der Waals surface area contributed by atoms with Crippen molar-refractivity contribution in [3.8, 4) is 0 Å². The van der Waals surface area contributed by atoms with Crippen LogP contribution < -0.4 is 10.6 Å². The van der Waals surface area contributed by atoms with Crippen molar-refractivity contribution in [3.63, 3.8) is 0 Å². The maximum atomic E-state index is 13.5. The largest absolute Gasteiger partial charge is 0.478 e. The van der Waals surface area contributed by atoms with Crippen molar-refractivity contribution in [1.82, 2.24) is 25.1 Å². The lowest BCUT2D eigenvalue weighted by atomic mass is 10.1. The van der Waals surface area contributed by atoms with Crippen LogP contribution in [0.25, 0.3) is 11.0 Å². The van der Waals surface area contributed by atoms with E-state index >= 15 is 0 Å². The van der Waals surface area contributed by atoms with E-state index in [0.29, 0.717) is 22.4 Å². The lowest BCUT2D eigenvalue weighted by Gasteiger charge is -2.16. The predicted molar refractivity (Wildman–Crippen MR) is 124 cm³/mol. The molecular weight excluding hydrogens is 439 g/mol. The summed E-state index contributed by atoms with van der Waals surface area (Å²) < 4.78 is 15.1. The Labute approximate surface area is 194 Å². The molecule has 174 valence electrons. The van der Waals surface area contributed by atoms with E-state index in [1.165, 1.54) is 12.4 Å². The fraction of sp³-hybridized carbons (Fsp3) is 0.208. The number of carbonyl (C=O) groups is 2. The number of rotatable bonds is 7. The number of amides is 1. The first-order chi connectivity index (χ1) is 16.2. The van der Waals surface area contributed by atoms with E-state index in [2.05, 4.69) is 25.7 Å². The Morgan fingerprint density at radius 3 is 2.53 bits per heavy atom. The minimum absolute atomic E-state index is 0.131. The molecule has 4 aromatic rings. The molecule has 1 amide bonds. The maximum absolute atomic E-state index is 13.5. The second-order valence-electron chi connectivity index (χ2n) is 7.95. The number of hydrogen-bond acceptors (Lipinski definition) is 6. The normalized spacial score (nSPS) is 11.9. The number of carboxylic acid groups (broad SMARTS) is 1. The van der Waals surface area contributed by atoms with Crippen molar-refractivity contribution in [2.45, 2.75) is 26.4 Å². The summed E-state index contributed by atoms with van der Waals surface area (Å²) >= 11 is 0. The number of aryl methyl sites for hydroxylation is 2. The van der Waals surface area contributed by atoms with E-state index in [-0.39, 0.29) is 29.7 Å². The zero-order chi connectivity index (χ0) is 24.4. The van der Waals surface area contributed by atoms with E-state index in [1.54, 1.807) is 55.1 Å². The van der Waals surface area contributed by atoms with Crippen molar-refractivity contribution in [2.24, 2.45) is 7.05 Å². The van der Waals surface area contributed by atoms with Gasteiger partial charge in [0.15, 0.2) is 11.5 Å². The van der Waals surface area contributed by atoms with Crippen LogP contribution in [-0.4, -0.2) is 36.7 Å². The summed E-state index contributed by atoms with van der Waals surface area (Å²) in [5.41, 5.74) is 3.31. The standard InChI is InChI=1S/C24H23FN6O3/c1-13-10-15(4-9-18(13)25)11-26-23(32)21-19-20(27-12-28-21)22(31(3)30-19)29-14(2)16-5-7-17(8-6-16)24(33)34/h4-10,12,14,29H,11H2,1-3H3,(H,26,32)(H,33,34). The highest BCUT2D eigenvalue weighted by Gasteiger charge is 2.21. The molecule has 2 aromatic heterocycles. The Bertz CT molecular complexity index is 1380. The van der Waals surface area contributed by atoms with Crippen LogP contribution in [0.15, 0.2) is 48.8 Å². The molecule has 0 aliphatic carbocycles. The van der Waals surface area contributed by atoms with Crippen molar-refractivity contribution in [3.05, 3.63) is 82.6 Å². The second-order valence-corrected chi connectivity index (χ2v) is 7.95. The topological polar surface area (TPSA) is 122 Å². The molecule has 2 heterocycles. The van der Waals surface area contributed by atoms with Crippen LogP contribution in [-0.2, 0) is 13.6 Å². The van der Waals surface area contributed by atoms with E-state index in [9.17, 15) is 14.0 Å². The van der Waals surface area contributed by atoms with Crippen molar-refractivity contribution in [2.75, 3.05) is 5.32 Å². The van der Waals surface area contributed by atoms with Gasteiger partial charge in [-0.05, 0) is 48.7 Å². The molecule has 34 heavy (non-hydrogen) atoms. The number of aromatic nitrogens is 4. The fourth-order valence-corrected chi connectivity index (χ4v) is 3.61. The quantitative estimate of drug-likeness (QED) is 0.383. The second kappa shape index (κ2) is 9.26. The molecule has 0 bridgehead atoms. The molecule has 0 aliphatic rings. The van der Waals surface area contributed by atoms with Gasteiger partial charge in [-0.2, -0.15) is 5.10 Å². The van der Waals surface area contributed by atoms with Crippen LogP contribution in [0.2, 0.25) is 0 Å². The monoisotopic (exact) mass is 462 g/mol. The molecule has 9 nitrogen and oxygen atoms in total. The summed E-state index contributed by atoms with van der Waals surface area (Å²) in [6.45, 7) is 3.80. The number of carboxylic acids is 1. The Kier molecular flexibility index (Phi) is 6.22. The molecule has 4 rings (SSSR count). The van der Waals surface area contributed by atoms with E-state index in [0.717, 1.165) is 11.1 Å². The number of benzene rings is 2. The van der Waals surface area contributed by atoms with Crippen LogP contribution in [0.3, 0.4) is 0 Å². The van der Waals surface area contributed by atoms with Crippen molar-refractivity contribution in [1.29, 1.82) is 0 Å². The minimum Gasteiger partial charge on any atom is -0.478 e. The predicted octanol–water partition coefficient (Wildman–Crippen LogP) is 3.61. The lowest BCUT2D eigenvalue weighted by Crippen LogP contribution is -2.24. The Morgan fingerprint density at radius 1 is 1.12 bits per heavy atom. The molecule has 1 atom stereocenters. The molecule has 0 spiro atoms. The molecule has 0 saturated carbocycles. The third-order valence-electron chi connectivity index (χ3n) is 5.52. The highest BCUT2D eigenvalue weighted by atomic mass is 19.1. The smallest absolute Gasteiger partial charge is 0.335 e. The first-order valence-electron chi connectivity index (χ1n) is 10.6. The van der Waals surface area contributed by atoms with Gasteiger partial charge in [0, 0.05) is 13.6 Å². The van der Waals surface area contributed by atoms with Crippen LogP contribution in [0.4, 0.5) is 10.2 Å². The van der Waals surface area contributed by atoms with Crippen LogP contribution in [0, 0.1) is 12.7 Å². The molecule has 1 unspecified atom stereocenters. The van der Waals surface area contributed by atoms with Gasteiger partial charge in [-0.3, -0.25) is 9.48 Å². The van der Waals surface area contributed by atoms with Gasteiger partial charge < -0.3 is 15.7 Å². The lowest BCUT2D eigenvalue weighted by molar-refractivity contribution is 0.0696. The first-order valence-corrected chi connectivity index (χ1v) is 10.6. The number of hydrogen-bond donors (Lipinski definition) is 3. The van der Waals surface area contributed by atoms with Crippen LogP contribution in [0.1, 0.15) is 50.5 Å². The fourth-order valence-electron chi connectivity index (χ4n) is 3.61. The molecule has 0 fully saturated rings. The van der Waals surface area contributed by atoms with E-state index < -0.39 is 11.9 Å². The van der Waals surface area contributed by atoms with E-state index in [4.69, 9.17) is 5.11 Å². The maximum Gasteiger partial charge on any atom is 0.335 e. The number of halogens is 1. The van der Waals surface area contributed by atoms with Gasteiger partial charge >= 0.3 is 5.97 Å². The number of anilines is 1. The zero-order valence-corrected chi connectivity index (χ0v) is 18.8. The van der Waals surface area contributed by atoms with Gasteiger partial charge in [0.25, 0.3) is 5.91 Å². The summed E-state index contributed by atoms with van der Waals surface area (Å²) in [5.74, 6) is -1.11. The van der Waals surface area contributed by atoms with Gasteiger partial charge in [-0.15, -0.1) is 0 Å². The number of nitrogens with zero attached hydrogens (tertiary/aromatic N) is 4. The first kappa shape index (κ1) is 22.8. The molecule has 0 radical (unpaired) electrons. The Hall–Kier alpha value is -4.34. The van der Waals surface area contributed by atoms with Gasteiger partial charge in [-0.1, -0.05) is 24.3 Å². The number of nitrogens with one attached hydrogen (secondary N) is 2. The summed E-state index contributed by atoms with van der Waals surface area (Å²) in [4.78, 5) is 32.4. The Morgan fingerprint density at radius 2 is 1.85 bits per heavy atom. The summed E-state index contributed by atoms with van der Waals surface area (Å²) in [7, 11) is 1.73. The Balaban J connectivity index is 1.55. The average Bonchev–Trinajstić information content (AvgIpc) is 3.14. The third-order valence-corrected chi connectivity index (χ3v) is 5.52. The highest BCUT2D eigenvalue weighted by molar-refractivity contribution is 6.04. The van der Waals surface area contributed by atoms with Crippen LogP contribution >= 0.6 is 0 Å². The number of aromatic carboxylic acids is 1. The summed E-state index contributed by atoms with van der Waals surface area (Å²) in [6.07, 6.45) is 1.30. The molecule has 0 saturated heterocycles. The molecule has 0 aliphatic heterocycles. The average molecular weight is 462 g/mol. The molecule has 2 aromatic carbocycles. The number of carbonyl (C=O) groups excluding carboxylic acids is 1. The molecule has 10 heteroatoms.